The van der Waals surface area contributed by atoms with Crippen LogP contribution in [0.4, 0.5) is 0 Å². The van der Waals surface area contributed by atoms with Crippen LogP contribution in [0.3, 0.4) is 0 Å². The quantitative estimate of drug-likeness (QED) is 0.434. The molecule has 1 aliphatic rings. The van der Waals surface area contributed by atoms with Gasteiger partial charge in [0.25, 0.3) is 0 Å². The average molecular weight is 332 g/mol. The van der Waals surface area contributed by atoms with Crippen molar-refractivity contribution in [1.82, 2.24) is 0 Å². The molecule has 6 heteroatoms. The Kier molecular flexibility index (Phi) is 3.83. The van der Waals surface area contributed by atoms with Crippen LogP contribution < -0.4 is 4.74 Å². The Morgan fingerprint density at radius 3 is 1.88 bits per heavy atom. The Hall–Kier alpha value is -2.76. The molecule has 1 aliphatic carbocycles. The van der Waals surface area contributed by atoms with Crippen LogP contribution in [-0.2, 0) is 5.60 Å². The number of benzene rings is 2. The van der Waals surface area contributed by atoms with Gasteiger partial charge in [0, 0.05) is 0 Å². The molecule has 24 heavy (non-hydrogen) atoms. The summed E-state index contributed by atoms with van der Waals surface area (Å²) in [6, 6.07) is 9.39. The van der Waals surface area contributed by atoms with Gasteiger partial charge < -0.3 is 30.3 Å². The number of hydrogen-bond donors (Lipinski definition) is 5. The largest absolute Gasteiger partial charge is 0.502 e. The van der Waals surface area contributed by atoms with E-state index < -0.39 is 40.1 Å². The van der Waals surface area contributed by atoms with Gasteiger partial charge >= 0.3 is 0 Å². The predicted octanol–water partition coefficient (Wildman–Crippen LogP) is 3.31. The van der Waals surface area contributed by atoms with Crippen LogP contribution in [0.5, 0.6) is 34.5 Å². The number of phenols is 5. The van der Waals surface area contributed by atoms with Crippen LogP contribution in [-0.4, -0.2) is 25.5 Å². The maximum absolute atomic E-state index is 10.0. The molecule has 0 bridgehead atoms. The molecule has 2 aromatic rings. The molecule has 1 saturated carbocycles. The fourth-order valence-electron chi connectivity index (χ4n) is 3.24. The summed E-state index contributed by atoms with van der Waals surface area (Å²) in [7, 11) is 0. The molecule has 5 N–H and O–H groups in total. The van der Waals surface area contributed by atoms with Crippen molar-refractivity contribution < 1.29 is 30.3 Å². The van der Waals surface area contributed by atoms with E-state index in [0.29, 0.717) is 18.8 Å². The van der Waals surface area contributed by atoms with Gasteiger partial charge in [0.15, 0.2) is 0 Å². The first-order valence-electron chi connectivity index (χ1n) is 7.83. The molecule has 128 valence electrons. The number of ether oxygens (including phenoxy) is 1. The van der Waals surface area contributed by atoms with Crippen molar-refractivity contribution in [2.75, 3.05) is 0 Å². The highest BCUT2D eigenvalue weighted by molar-refractivity contribution is 5.71. The van der Waals surface area contributed by atoms with Crippen molar-refractivity contribution in [2.24, 2.45) is 5.92 Å². The van der Waals surface area contributed by atoms with Crippen molar-refractivity contribution in [3.8, 4) is 34.5 Å². The van der Waals surface area contributed by atoms with Crippen molar-refractivity contribution >= 4 is 0 Å². The van der Waals surface area contributed by atoms with Crippen LogP contribution >= 0.6 is 0 Å². The minimum absolute atomic E-state index is 0.439. The van der Waals surface area contributed by atoms with Gasteiger partial charge in [0.1, 0.15) is 5.60 Å². The molecule has 0 unspecified atom stereocenters. The minimum Gasteiger partial charge on any atom is -0.502 e. The molecule has 2 aromatic carbocycles. The van der Waals surface area contributed by atoms with E-state index in [2.05, 4.69) is 6.92 Å². The zero-order chi connectivity index (χ0) is 17.5. The summed E-state index contributed by atoms with van der Waals surface area (Å²) >= 11 is 0. The van der Waals surface area contributed by atoms with Crippen molar-refractivity contribution in [3.05, 3.63) is 35.9 Å². The molecule has 3 rings (SSSR count). The smallest absolute Gasteiger partial charge is 0.212 e. The first kappa shape index (κ1) is 16.1. The lowest BCUT2D eigenvalue weighted by Gasteiger charge is -2.47. The normalized spacial score (nSPS) is 22.8. The summed E-state index contributed by atoms with van der Waals surface area (Å²) in [5.41, 5.74) is 0.104. The van der Waals surface area contributed by atoms with E-state index in [1.54, 1.807) is 0 Å². The maximum Gasteiger partial charge on any atom is 0.212 e. The third-order valence-corrected chi connectivity index (χ3v) is 4.74. The second-order valence-electron chi connectivity index (χ2n) is 6.22. The lowest BCUT2D eigenvalue weighted by molar-refractivity contribution is -0.0600. The van der Waals surface area contributed by atoms with Gasteiger partial charge in [-0.1, -0.05) is 43.7 Å². The van der Waals surface area contributed by atoms with E-state index in [1.807, 2.05) is 30.3 Å². The topological polar surface area (TPSA) is 110 Å². The molecule has 0 saturated heterocycles. The number of aromatic hydroxyl groups is 5. The first-order chi connectivity index (χ1) is 11.4. The van der Waals surface area contributed by atoms with Gasteiger partial charge in [-0.3, -0.25) is 0 Å². The predicted molar refractivity (Wildman–Crippen MR) is 86.5 cm³/mol. The third-order valence-electron chi connectivity index (χ3n) is 4.74. The monoisotopic (exact) mass is 332 g/mol. The molecule has 6 nitrogen and oxygen atoms in total. The lowest BCUT2D eigenvalue weighted by Crippen LogP contribution is -2.46. The zero-order valence-electron chi connectivity index (χ0n) is 13.2. The molecule has 0 aromatic heterocycles. The Morgan fingerprint density at radius 1 is 0.875 bits per heavy atom. The first-order valence-corrected chi connectivity index (χ1v) is 7.83. The minimum atomic E-state index is -0.994. The highest BCUT2D eigenvalue weighted by Crippen LogP contribution is 2.59. The second-order valence-corrected chi connectivity index (χ2v) is 6.22. The Morgan fingerprint density at radius 2 is 1.38 bits per heavy atom. The fraction of sp³-hybridized carbons (Fsp3) is 0.333. The van der Waals surface area contributed by atoms with E-state index in [0.717, 1.165) is 12.0 Å². The molecule has 0 radical (unpaired) electrons. The molecule has 1 fully saturated rings. The highest BCUT2D eigenvalue weighted by Gasteiger charge is 2.48. The SMILES string of the molecule is CCC1CC(Oc2c(O)c(O)c(O)c(O)c2O)(c2ccccc2)C1. The summed E-state index contributed by atoms with van der Waals surface area (Å²) in [5, 5.41) is 48.9. The molecular formula is C18H20O6. The number of phenolic OH excluding ortho intramolecular Hbond substituents is 5. The molecule has 0 amide bonds. The Labute approximate surface area is 139 Å². The van der Waals surface area contributed by atoms with Gasteiger partial charge in [-0.2, -0.15) is 0 Å². The van der Waals surface area contributed by atoms with Crippen LogP contribution in [0.15, 0.2) is 30.3 Å². The fourth-order valence-corrected chi connectivity index (χ4v) is 3.24. The third kappa shape index (κ3) is 2.35. The maximum atomic E-state index is 10.0. The Bertz CT molecular complexity index is 721. The Balaban J connectivity index is 2.05. The van der Waals surface area contributed by atoms with E-state index >= 15 is 0 Å². The van der Waals surface area contributed by atoms with Gasteiger partial charge in [-0.15, -0.1) is 0 Å². The summed E-state index contributed by atoms with van der Waals surface area (Å²) in [6.07, 6.45) is 2.32. The summed E-state index contributed by atoms with van der Waals surface area (Å²) in [6.45, 7) is 2.08. The van der Waals surface area contributed by atoms with Crippen LogP contribution in [0, 0.1) is 5.92 Å². The summed E-state index contributed by atoms with van der Waals surface area (Å²) in [5.74, 6) is -4.48. The van der Waals surface area contributed by atoms with E-state index in [9.17, 15) is 25.5 Å². The van der Waals surface area contributed by atoms with Crippen molar-refractivity contribution in [1.29, 1.82) is 0 Å². The molecule has 0 atom stereocenters. The van der Waals surface area contributed by atoms with E-state index in [4.69, 9.17) is 4.74 Å². The summed E-state index contributed by atoms with van der Waals surface area (Å²) < 4.78 is 5.90. The second kappa shape index (κ2) is 5.70. The summed E-state index contributed by atoms with van der Waals surface area (Å²) in [4.78, 5) is 0. The van der Waals surface area contributed by atoms with Crippen molar-refractivity contribution in [3.63, 3.8) is 0 Å². The average Bonchev–Trinajstić information content (AvgIpc) is 2.58. The van der Waals surface area contributed by atoms with Gasteiger partial charge in [0.05, 0.1) is 0 Å². The standard InChI is InChI=1S/C18H20O6/c1-2-10-8-18(9-10,11-6-4-3-5-7-11)24-17-15(22)13(20)12(19)14(21)16(17)23/h3-7,10,19-23H,2,8-9H2,1H3. The van der Waals surface area contributed by atoms with Crippen LogP contribution in [0.1, 0.15) is 31.7 Å². The molecule has 0 aliphatic heterocycles. The lowest BCUT2D eigenvalue weighted by atomic mass is 9.66. The van der Waals surface area contributed by atoms with E-state index in [1.165, 1.54) is 0 Å². The number of hydrogen-bond acceptors (Lipinski definition) is 6. The van der Waals surface area contributed by atoms with E-state index in [-0.39, 0.29) is 0 Å². The zero-order valence-corrected chi connectivity index (χ0v) is 13.2. The van der Waals surface area contributed by atoms with Gasteiger partial charge in [0.2, 0.25) is 34.5 Å². The van der Waals surface area contributed by atoms with Crippen molar-refractivity contribution in [2.45, 2.75) is 31.8 Å². The molecule has 0 heterocycles. The van der Waals surface area contributed by atoms with Gasteiger partial charge in [-0.05, 0) is 24.3 Å². The number of rotatable bonds is 4. The van der Waals surface area contributed by atoms with Gasteiger partial charge in [-0.25, -0.2) is 0 Å². The molecule has 0 spiro atoms. The molecular weight excluding hydrogens is 312 g/mol. The van der Waals surface area contributed by atoms with Crippen LogP contribution in [0.2, 0.25) is 0 Å². The van der Waals surface area contributed by atoms with Crippen LogP contribution in [0.25, 0.3) is 0 Å². The highest BCUT2D eigenvalue weighted by atomic mass is 16.5.